The topological polar surface area (TPSA) is 95.7 Å². The maximum atomic E-state index is 13.2. The number of ether oxygens (including phenoxy) is 1. The number of aliphatic hydroxyl groups excluding tert-OH is 3. The molecule has 1 aliphatic heterocycles. The van der Waals surface area contributed by atoms with Gasteiger partial charge in [0.1, 0.15) is 30.1 Å². The molecule has 124 valence electrons. The Hall–Kier alpha value is -1.43. The van der Waals surface area contributed by atoms with Gasteiger partial charge in [-0.2, -0.15) is 22.0 Å². The third kappa shape index (κ3) is 2.76. The zero-order valence-corrected chi connectivity index (χ0v) is 10.7. The van der Waals surface area contributed by atoms with E-state index in [1.54, 1.807) is 0 Å². The molecule has 0 aliphatic carbocycles. The molecule has 0 aromatic carbocycles. The monoisotopic (exact) mass is 330 g/mol. The summed E-state index contributed by atoms with van der Waals surface area (Å²) in [5.41, 5.74) is -1.61. The summed E-state index contributed by atoms with van der Waals surface area (Å²) >= 11 is 0. The van der Waals surface area contributed by atoms with E-state index in [9.17, 15) is 32.2 Å². The molecule has 0 unspecified atom stereocenters. The van der Waals surface area contributed by atoms with Crippen LogP contribution in [0.1, 0.15) is 17.6 Å². The van der Waals surface area contributed by atoms with Crippen LogP contribution in [0.3, 0.4) is 0 Å². The highest BCUT2D eigenvalue weighted by Gasteiger charge is 2.60. The number of halogens is 5. The number of hydrogen-bond donors (Lipinski definition) is 3. The minimum absolute atomic E-state index is 0.387. The largest absolute Gasteiger partial charge is 0.459 e. The van der Waals surface area contributed by atoms with Crippen LogP contribution in [-0.2, 0) is 10.7 Å². The van der Waals surface area contributed by atoms with Crippen LogP contribution >= 0.6 is 0 Å². The van der Waals surface area contributed by atoms with Gasteiger partial charge >= 0.3 is 12.1 Å². The fourth-order valence-electron chi connectivity index (χ4n) is 1.94. The van der Waals surface area contributed by atoms with Gasteiger partial charge in [-0.15, -0.1) is 0 Å². The van der Waals surface area contributed by atoms with Gasteiger partial charge in [0.25, 0.3) is 0 Å². The maximum absolute atomic E-state index is 13.2. The molecule has 1 fully saturated rings. The molecule has 1 aromatic rings. The molecule has 2 rings (SSSR count). The van der Waals surface area contributed by atoms with Crippen molar-refractivity contribution < 1.29 is 42.0 Å². The normalized spacial score (nSPS) is 29.8. The summed E-state index contributed by atoms with van der Waals surface area (Å²) in [6.45, 7) is -0.687. The van der Waals surface area contributed by atoms with Gasteiger partial charge < -0.3 is 20.1 Å². The summed E-state index contributed by atoms with van der Waals surface area (Å²) in [4.78, 5) is 6.57. The summed E-state index contributed by atoms with van der Waals surface area (Å²) in [6.07, 6.45) is -11.2. The second kappa shape index (κ2) is 5.65. The molecule has 2 heterocycles. The van der Waals surface area contributed by atoms with Crippen molar-refractivity contribution in [1.29, 1.82) is 0 Å². The van der Waals surface area contributed by atoms with Gasteiger partial charge in [0.05, 0.1) is 6.61 Å². The first-order valence-corrected chi connectivity index (χ1v) is 6.00. The second-order valence-corrected chi connectivity index (χ2v) is 4.63. The molecule has 0 spiro atoms. The Balaban J connectivity index is 2.34. The smallest absolute Gasteiger partial charge is 0.394 e. The molecular formula is C11H11F5N2O4. The molecule has 1 saturated heterocycles. The molecule has 0 saturated carbocycles. The van der Waals surface area contributed by atoms with Gasteiger partial charge in [0, 0.05) is 6.20 Å². The third-order valence-corrected chi connectivity index (χ3v) is 3.15. The Morgan fingerprint density at radius 1 is 1.14 bits per heavy atom. The Bertz CT molecular complexity index is 541. The second-order valence-electron chi connectivity index (χ2n) is 4.63. The van der Waals surface area contributed by atoms with Crippen molar-refractivity contribution >= 4 is 0 Å². The first kappa shape index (κ1) is 16.9. The van der Waals surface area contributed by atoms with Crippen molar-refractivity contribution in [3.05, 3.63) is 23.8 Å². The van der Waals surface area contributed by atoms with E-state index in [1.807, 2.05) is 0 Å². The quantitative estimate of drug-likeness (QED) is 0.689. The predicted octanol–water partition coefficient (Wildman–Crippen LogP) is 0.285. The van der Waals surface area contributed by atoms with Crippen LogP contribution in [0.25, 0.3) is 0 Å². The number of rotatable bonds is 3. The molecule has 1 aliphatic rings. The highest BCUT2D eigenvalue weighted by atomic mass is 19.4. The van der Waals surface area contributed by atoms with Crippen molar-refractivity contribution in [1.82, 2.24) is 9.97 Å². The Labute approximate surface area is 120 Å². The molecule has 0 bridgehead atoms. The minimum atomic E-state index is -5.85. The number of hydrogen-bond acceptors (Lipinski definition) is 6. The molecule has 0 amide bonds. The first-order chi connectivity index (χ1) is 10.1. The molecule has 4 atom stereocenters. The van der Waals surface area contributed by atoms with Crippen molar-refractivity contribution in [3.63, 3.8) is 0 Å². The van der Waals surface area contributed by atoms with E-state index in [0.717, 1.165) is 0 Å². The number of aliphatic hydroxyl groups is 3. The number of aromatic nitrogens is 2. The highest BCUT2D eigenvalue weighted by molar-refractivity contribution is 5.14. The lowest BCUT2D eigenvalue weighted by Crippen LogP contribution is -2.35. The van der Waals surface area contributed by atoms with Crippen molar-refractivity contribution in [2.45, 2.75) is 36.5 Å². The molecule has 0 radical (unpaired) electrons. The van der Waals surface area contributed by atoms with E-state index in [4.69, 9.17) is 9.84 Å². The van der Waals surface area contributed by atoms with Gasteiger partial charge in [-0.05, 0) is 6.07 Å². The van der Waals surface area contributed by atoms with Gasteiger partial charge in [-0.3, -0.25) is 0 Å². The van der Waals surface area contributed by atoms with E-state index < -0.39 is 54.6 Å². The average molecular weight is 330 g/mol. The van der Waals surface area contributed by atoms with E-state index >= 15 is 0 Å². The summed E-state index contributed by atoms with van der Waals surface area (Å²) in [6, 6.07) is 0.387. The lowest BCUT2D eigenvalue weighted by molar-refractivity contribution is -0.291. The van der Waals surface area contributed by atoms with E-state index in [1.165, 1.54) is 0 Å². The van der Waals surface area contributed by atoms with E-state index in [0.29, 0.717) is 12.3 Å². The zero-order valence-electron chi connectivity index (χ0n) is 10.7. The maximum Gasteiger partial charge on any atom is 0.459 e. The first-order valence-electron chi connectivity index (χ1n) is 6.00. The van der Waals surface area contributed by atoms with Crippen LogP contribution in [0.15, 0.2) is 12.3 Å². The molecular weight excluding hydrogens is 319 g/mol. The average Bonchev–Trinajstić information content (AvgIpc) is 2.74. The van der Waals surface area contributed by atoms with E-state index in [2.05, 4.69) is 9.97 Å². The summed E-state index contributed by atoms with van der Waals surface area (Å²) in [5, 5.41) is 28.1. The SMILES string of the molecule is OC[C@H]1O[C@@H](c2nccc(C(F)(F)C(F)(F)F)n2)[C@H](O)[C@@H]1O. The fraction of sp³-hybridized carbons (Fsp3) is 0.636. The Morgan fingerprint density at radius 2 is 1.77 bits per heavy atom. The zero-order chi connectivity index (χ0) is 16.7. The Kier molecular flexibility index (Phi) is 4.35. The number of nitrogens with zero attached hydrogens (tertiary/aromatic N) is 2. The van der Waals surface area contributed by atoms with Gasteiger partial charge in [0.15, 0.2) is 5.82 Å². The van der Waals surface area contributed by atoms with E-state index in [-0.39, 0.29) is 0 Å². The standard InChI is InChI=1S/C11H11F5N2O4/c12-10(13,11(14,15)16)5-1-2-17-9(18-5)8-7(21)6(20)4(3-19)22-8/h1-2,4,6-8,19-21H,3H2/t4-,6-,7-,8-/m1/s1. The van der Waals surface area contributed by atoms with Crippen molar-refractivity contribution in [2.75, 3.05) is 6.61 Å². The van der Waals surface area contributed by atoms with Crippen molar-refractivity contribution in [3.8, 4) is 0 Å². The fourth-order valence-corrected chi connectivity index (χ4v) is 1.94. The van der Waals surface area contributed by atoms with Gasteiger partial charge in [0.2, 0.25) is 0 Å². The molecule has 3 N–H and O–H groups in total. The lowest BCUT2D eigenvalue weighted by atomic mass is 10.1. The lowest BCUT2D eigenvalue weighted by Gasteiger charge is -2.20. The van der Waals surface area contributed by atoms with Crippen LogP contribution in [0.4, 0.5) is 22.0 Å². The number of alkyl halides is 5. The molecule has 11 heteroatoms. The third-order valence-electron chi connectivity index (χ3n) is 3.15. The Morgan fingerprint density at radius 3 is 2.27 bits per heavy atom. The molecule has 22 heavy (non-hydrogen) atoms. The molecule has 1 aromatic heterocycles. The van der Waals surface area contributed by atoms with Crippen LogP contribution in [0.5, 0.6) is 0 Å². The molecule has 6 nitrogen and oxygen atoms in total. The highest BCUT2D eigenvalue weighted by Crippen LogP contribution is 2.43. The van der Waals surface area contributed by atoms with Crippen LogP contribution in [0, 0.1) is 0 Å². The van der Waals surface area contributed by atoms with Gasteiger partial charge in [-0.25, -0.2) is 9.97 Å². The predicted molar refractivity (Wildman–Crippen MR) is 58.7 cm³/mol. The van der Waals surface area contributed by atoms with Crippen LogP contribution in [0.2, 0.25) is 0 Å². The minimum Gasteiger partial charge on any atom is -0.394 e. The summed E-state index contributed by atoms with van der Waals surface area (Å²) in [5.74, 6) is -5.85. The summed E-state index contributed by atoms with van der Waals surface area (Å²) < 4.78 is 68.4. The summed E-state index contributed by atoms with van der Waals surface area (Å²) in [7, 11) is 0. The van der Waals surface area contributed by atoms with Gasteiger partial charge in [-0.1, -0.05) is 0 Å². The van der Waals surface area contributed by atoms with Crippen LogP contribution < -0.4 is 0 Å². The van der Waals surface area contributed by atoms with Crippen LogP contribution in [-0.4, -0.2) is 56.4 Å². The van der Waals surface area contributed by atoms with Crippen molar-refractivity contribution in [2.24, 2.45) is 0 Å².